The Bertz CT molecular complexity index is 953. The van der Waals surface area contributed by atoms with Crippen LogP contribution in [0.15, 0.2) is 84.9 Å². The lowest BCUT2D eigenvalue weighted by molar-refractivity contribution is -0.0886. The molecule has 0 bridgehead atoms. The summed E-state index contributed by atoms with van der Waals surface area (Å²) < 4.78 is 0. The summed E-state index contributed by atoms with van der Waals surface area (Å²) in [6.45, 7) is 2.11. The fourth-order valence-electron chi connectivity index (χ4n) is 5.43. The molecule has 3 aromatic rings. The SMILES string of the molecule is Cc1cccc(C2(O)CCC(c3ccccc3)CC2C(c2ccccc2)N(C)C)c1. The zero-order chi connectivity index (χ0) is 21.1. The minimum absolute atomic E-state index is 0.0932. The van der Waals surface area contributed by atoms with Crippen LogP contribution in [-0.4, -0.2) is 24.1 Å². The zero-order valence-electron chi connectivity index (χ0n) is 18.3. The van der Waals surface area contributed by atoms with Gasteiger partial charge in [-0.2, -0.15) is 0 Å². The highest BCUT2D eigenvalue weighted by molar-refractivity contribution is 5.33. The first-order valence-electron chi connectivity index (χ1n) is 11.0. The standard InChI is InChI=1S/C28H33NO/c1-21-11-10-16-25(19-21)28(30)18-17-24(22-12-6-4-7-13-22)20-26(28)27(29(2)3)23-14-8-5-9-15-23/h4-16,19,24,26-27,30H,17-18,20H2,1-3H3. The Hall–Kier alpha value is -2.42. The van der Waals surface area contributed by atoms with E-state index in [2.05, 4.69) is 111 Å². The average Bonchev–Trinajstić information content (AvgIpc) is 2.76. The molecule has 156 valence electrons. The van der Waals surface area contributed by atoms with Gasteiger partial charge in [0.1, 0.15) is 0 Å². The monoisotopic (exact) mass is 399 g/mol. The number of benzene rings is 3. The molecule has 1 fully saturated rings. The minimum atomic E-state index is -0.845. The molecular weight excluding hydrogens is 366 g/mol. The van der Waals surface area contributed by atoms with Gasteiger partial charge in [-0.1, -0.05) is 90.5 Å². The van der Waals surface area contributed by atoms with Gasteiger partial charge in [-0.3, -0.25) is 0 Å². The maximum absolute atomic E-state index is 12.2. The first-order chi connectivity index (χ1) is 14.5. The Kier molecular flexibility index (Phi) is 6.08. The summed E-state index contributed by atoms with van der Waals surface area (Å²) in [6, 6.07) is 30.1. The van der Waals surface area contributed by atoms with Crippen molar-refractivity contribution < 1.29 is 5.11 Å². The molecule has 1 saturated carbocycles. The van der Waals surface area contributed by atoms with Crippen molar-refractivity contribution in [3.05, 3.63) is 107 Å². The van der Waals surface area contributed by atoms with Crippen LogP contribution in [0.25, 0.3) is 0 Å². The summed E-state index contributed by atoms with van der Waals surface area (Å²) in [5, 5.41) is 12.2. The van der Waals surface area contributed by atoms with Crippen molar-refractivity contribution >= 4 is 0 Å². The van der Waals surface area contributed by atoms with Gasteiger partial charge >= 0.3 is 0 Å². The molecule has 0 heterocycles. The molecule has 0 amide bonds. The predicted octanol–water partition coefficient (Wildman–Crippen LogP) is 6.07. The second kappa shape index (κ2) is 8.75. The maximum Gasteiger partial charge on any atom is 0.0943 e. The molecule has 0 spiro atoms. The number of hydrogen-bond acceptors (Lipinski definition) is 2. The zero-order valence-corrected chi connectivity index (χ0v) is 18.3. The van der Waals surface area contributed by atoms with E-state index < -0.39 is 5.60 Å². The second-order valence-electron chi connectivity index (χ2n) is 9.10. The van der Waals surface area contributed by atoms with Crippen LogP contribution in [0.1, 0.15) is 53.5 Å². The number of rotatable bonds is 5. The third-order valence-corrected chi connectivity index (χ3v) is 6.89. The Labute approximate surface area is 181 Å². The smallest absolute Gasteiger partial charge is 0.0943 e. The third-order valence-electron chi connectivity index (χ3n) is 6.89. The van der Waals surface area contributed by atoms with E-state index in [4.69, 9.17) is 0 Å². The molecule has 4 rings (SSSR count). The van der Waals surface area contributed by atoms with Crippen LogP contribution < -0.4 is 0 Å². The molecule has 0 aromatic heterocycles. The maximum atomic E-state index is 12.2. The highest BCUT2D eigenvalue weighted by Gasteiger charge is 2.48. The van der Waals surface area contributed by atoms with E-state index >= 15 is 0 Å². The van der Waals surface area contributed by atoms with Crippen LogP contribution >= 0.6 is 0 Å². The van der Waals surface area contributed by atoms with Crippen molar-refractivity contribution in [3.8, 4) is 0 Å². The van der Waals surface area contributed by atoms with Gasteiger partial charge in [-0.05, 0) is 62.9 Å². The fourth-order valence-corrected chi connectivity index (χ4v) is 5.43. The first kappa shape index (κ1) is 20.8. The molecule has 4 unspecified atom stereocenters. The molecule has 30 heavy (non-hydrogen) atoms. The van der Waals surface area contributed by atoms with Gasteiger partial charge in [0.25, 0.3) is 0 Å². The van der Waals surface area contributed by atoms with Crippen LogP contribution in [-0.2, 0) is 5.60 Å². The molecular formula is C28H33NO. The molecule has 0 radical (unpaired) electrons. The highest BCUT2D eigenvalue weighted by Crippen LogP contribution is 2.52. The Morgan fingerprint density at radius 2 is 1.57 bits per heavy atom. The summed E-state index contributed by atoms with van der Waals surface area (Å²) in [5.74, 6) is 0.558. The van der Waals surface area contributed by atoms with E-state index in [1.807, 2.05) is 0 Å². The van der Waals surface area contributed by atoms with Crippen LogP contribution in [0.3, 0.4) is 0 Å². The number of nitrogens with zero attached hydrogens (tertiary/aromatic N) is 1. The summed E-state index contributed by atoms with van der Waals surface area (Å²) in [4.78, 5) is 2.29. The van der Waals surface area contributed by atoms with Crippen molar-refractivity contribution in [2.75, 3.05) is 14.1 Å². The lowest BCUT2D eigenvalue weighted by Gasteiger charge is -2.49. The number of aliphatic hydroxyl groups is 1. The van der Waals surface area contributed by atoms with Gasteiger partial charge in [0.2, 0.25) is 0 Å². The van der Waals surface area contributed by atoms with Crippen molar-refractivity contribution in [1.82, 2.24) is 4.90 Å². The molecule has 1 N–H and O–H groups in total. The van der Waals surface area contributed by atoms with E-state index in [-0.39, 0.29) is 12.0 Å². The second-order valence-corrected chi connectivity index (χ2v) is 9.10. The first-order valence-corrected chi connectivity index (χ1v) is 11.0. The predicted molar refractivity (Wildman–Crippen MR) is 124 cm³/mol. The largest absolute Gasteiger partial charge is 0.385 e. The Morgan fingerprint density at radius 3 is 2.20 bits per heavy atom. The molecule has 1 aliphatic rings. The van der Waals surface area contributed by atoms with Gasteiger partial charge in [0, 0.05) is 12.0 Å². The van der Waals surface area contributed by atoms with E-state index in [0.717, 1.165) is 24.8 Å². The molecule has 3 aromatic carbocycles. The lowest BCUT2D eigenvalue weighted by atomic mass is 9.62. The van der Waals surface area contributed by atoms with Crippen molar-refractivity contribution in [3.63, 3.8) is 0 Å². The molecule has 2 nitrogen and oxygen atoms in total. The van der Waals surface area contributed by atoms with Crippen LogP contribution in [0, 0.1) is 12.8 Å². The van der Waals surface area contributed by atoms with Crippen molar-refractivity contribution in [1.29, 1.82) is 0 Å². The summed E-state index contributed by atoms with van der Waals surface area (Å²) in [5.41, 5.74) is 4.07. The van der Waals surface area contributed by atoms with E-state index in [9.17, 15) is 5.11 Å². The molecule has 2 heteroatoms. The van der Waals surface area contributed by atoms with Gasteiger partial charge in [0.15, 0.2) is 0 Å². The topological polar surface area (TPSA) is 23.5 Å². The Morgan fingerprint density at radius 1 is 0.900 bits per heavy atom. The fraction of sp³-hybridized carbons (Fsp3) is 0.357. The van der Waals surface area contributed by atoms with E-state index in [1.165, 1.54) is 16.7 Å². The normalized spacial score (nSPS) is 25.2. The summed E-state index contributed by atoms with van der Waals surface area (Å²) >= 11 is 0. The number of hydrogen-bond donors (Lipinski definition) is 1. The highest BCUT2D eigenvalue weighted by atomic mass is 16.3. The summed E-state index contributed by atoms with van der Waals surface area (Å²) in [6.07, 6.45) is 2.74. The molecule has 4 atom stereocenters. The molecule has 0 aliphatic heterocycles. The van der Waals surface area contributed by atoms with Crippen LogP contribution in [0.2, 0.25) is 0 Å². The molecule has 1 aliphatic carbocycles. The average molecular weight is 400 g/mol. The minimum Gasteiger partial charge on any atom is -0.385 e. The van der Waals surface area contributed by atoms with Crippen LogP contribution in [0.5, 0.6) is 0 Å². The quantitative estimate of drug-likeness (QED) is 0.563. The van der Waals surface area contributed by atoms with Crippen molar-refractivity contribution in [2.45, 2.75) is 43.7 Å². The number of aryl methyl sites for hydroxylation is 1. The van der Waals surface area contributed by atoms with Crippen molar-refractivity contribution in [2.24, 2.45) is 5.92 Å². The molecule has 0 saturated heterocycles. The van der Waals surface area contributed by atoms with E-state index in [0.29, 0.717) is 5.92 Å². The van der Waals surface area contributed by atoms with Gasteiger partial charge in [-0.25, -0.2) is 0 Å². The lowest BCUT2D eigenvalue weighted by Crippen LogP contribution is -2.46. The van der Waals surface area contributed by atoms with Crippen LogP contribution in [0.4, 0.5) is 0 Å². The third kappa shape index (κ3) is 4.08. The van der Waals surface area contributed by atoms with Gasteiger partial charge in [0.05, 0.1) is 5.60 Å². The summed E-state index contributed by atoms with van der Waals surface area (Å²) in [7, 11) is 4.28. The van der Waals surface area contributed by atoms with Gasteiger partial charge < -0.3 is 10.0 Å². The Balaban J connectivity index is 1.79. The van der Waals surface area contributed by atoms with Gasteiger partial charge in [-0.15, -0.1) is 0 Å². The van der Waals surface area contributed by atoms with E-state index in [1.54, 1.807) is 0 Å².